The molecule has 2 heterocycles. The van der Waals surface area contributed by atoms with Gasteiger partial charge in [0.25, 0.3) is 0 Å². The van der Waals surface area contributed by atoms with Gasteiger partial charge in [0.15, 0.2) is 0 Å². The molecule has 1 aromatic carbocycles. The predicted octanol–water partition coefficient (Wildman–Crippen LogP) is 2.30. The van der Waals surface area contributed by atoms with Gasteiger partial charge in [0.1, 0.15) is 5.82 Å². The quantitative estimate of drug-likeness (QED) is 0.945. The number of amides is 1. The molecule has 0 aliphatic carbocycles. The average molecular weight is 303 g/mol. The molecule has 0 radical (unpaired) electrons. The Kier molecular flexibility index (Phi) is 4.20. The van der Waals surface area contributed by atoms with Crippen LogP contribution in [0, 0.1) is 5.82 Å². The van der Waals surface area contributed by atoms with Crippen LogP contribution in [-0.4, -0.2) is 42.2 Å². The van der Waals surface area contributed by atoms with Crippen molar-refractivity contribution in [1.29, 1.82) is 0 Å². The summed E-state index contributed by atoms with van der Waals surface area (Å²) in [6, 6.07) is 6.82. The third-order valence-corrected chi connectivity index (χ3v) is 3.95. The molecule has 1 aliphatic heterocycles. The summed E-state index contributed by atoms with van der Waals surface area (Å²) in [5.41, 5.74) is 1.63. The Hall–Kier alpha value is -2.21. The lowest BCUT2D eigenvalue weighted by Gasteiger charge is -2.16. The maximum atomic E-state index is 13.7. The topological polar surface area (TPSA) is 54.5 Å². The van der Waals surface area contributed by atoms with E-state index in [0.29, 0.717) is 19.6 Å². The van der Waals surface area contributed by atoms with Gasteiger partial charge in [0.2, 0.25) is 0 Å². The lowest BCUT2D eigenvalue weighted by Crippen LogP contribution is -2.34. The highest BCUT2D eigenvalue weighted by atomic mass is 19.1. The Balaban J connectivity index is 1.69. The minimum atomic E-state index is -0.304. The van der Waals surface area contributed by atoms with Crippen molar-refractivity contribution in [1.82, 2.24) is 15.2 Å². The minimum Gasteiger partial charge on any atom is -0.453 e. The number of carbonyl (C=O) groups is 1. The summed E-state index contributed by atoms with van der Waals surface area (Å²) in [6.07, 6.45) is 2.26. The number of pyridine rings is 1. The first-order valence-corrected chi connectivity index (χ1v) is 7.27. The van der Waals surface area contributed by atoms with E-state index in [2.05, 4.69) is 10.3 Å². The van der Waals surface area contributed by atoms with Gasteiger partial charge in [-0.15, -0.1) is 0 Å². The maximum absolute atomic E-state index is 13.7. The number of aromatic nitrogens is 1. The van der Waals surface area contributed by atoms with Gasteiger partial charge < -0.3 is 15.0 Å². The lowest BCUT2D eigenvalue weighted by molar-refractivity contribution is 0.132. The zero-order valence-electron chi connectivity index (χ0n) is 12.4. The van der Waals surface area contributed by atoms with E-state index in [1.165, 1.54) is 19.2 Å². The van der Waals surface area contributed by atoms with Crippen LogP contribution in [0.3, 0.4) is 0 Å². The summed E-state index contributed by atoms with van der Waals surface area (Å²) >= 11 is 0. The Labute approximate surface area is 128 Å². The molecule has 0 spiro atoms. The second kappa shape index (κ2) is 6.27. The van der Waals surface area contributed by atoms with Crippen LogP contribution < -0.4 is 5.32 Å². The monoisotopic (exact) mass is 303 g/mol. The number of hydrogen-bond acceptors (Lipinski definition) is 4. The van der Waals surface area contributed by atoms with E-state index in [-0.39, 0.29) is 18.0 Å². The summed E-state index contributed by atoms with van der Waals surface area (Å²) in [6.45, 7) is 1.80. The van der Waals surface area contributed by atoms with Crippen molar-refractivity contribution < 1.29 is 13.9 Å². The van der Waals surface area contributed by atoms with Crippen molar-refractivity contribution in [3.05, 3.63) is 41.8 Å². The Bertz CT molecular complexity index is 692. The van der Waals surface area contributed by atoms with Crippen LogP contribution in [0.2, 0.25) is 0 Å². The van der Waals surface area contributed by atoms with Crippen LogP contribution in [-0.2, 0) is 11.3 Å². The van der Waals surface area contributed by atoms with Crippen molar-refractivity contribution in [2.24, 2.45) is 0 Å². The molecule has 3 rings (SSSR count). The number of rotatable bonds is 3. The zero-order valence-corrected chi connectivity index (χ0v) is 12.4. The molecular formula is C16H18FN3O2. The number of carbonyl (C=O) groups excluding carboxylic acids is 1. The molecule has 6 heteroatoms. The van der Waals surface area contributed by atoms with E-state index in [9.17, 15) is 9.18 Å². The highest BCUT2D eigenvalue weighted by Gasteiger charge is 2.26. The molecule has 1 aliphatic rings. The van der Waals surface area contributed by atoms with E-state index in [4.69, 9.17) is 4.74 Å². The first-order valence-electron chi connectivity index (χ1n) is 7.27. The second-order valence-electron chi connectivity index (χ2n) is 5.42. The molecule has 0 bridgehead atoms. The van der Waals surface area contributed by atoms with Crippen molar-refractivity contribution >= 4 is 17.0 Å². The number of likely N-dealkylation sites (tertiary alicyclic amines) is 1. The largest absolute Gasteiger partial charge is 0.453 e. The molecule has 1 saturated heterocycles. The van der Waals surface area contributed by atoms with Crippen molar-refractivity contribution in [3.8, 4) is 0 Å². The van der Waals surface area contributed by atoms with E-state index >= 15 is 0 Å². The lowest BCUT2D eigenvalue weighted by atomic mass is 10.1. The van der Waals surface area contributed by atoms with Gasteiger partial charge in [-0.3, -0.25) is 4.98 Å². The normalized spacial score (nSPS) is 17.9. The van der Waals surface area contributed by atoms with Crippen molar-refractivity contribution in [3.63, 3.8) is 0 Å². The van der Waals surface area contributed by atoms with Crippen molar-refractivity contribution in [2.75, 3.05) is 20.2 Å². The van der Waals surface area contributed by atoms with Gasteiger partial charge in [-0.1, -0.05) is 6.07 Å². The van der Waals surface area contributed by atoms with Crippen LogP contribution in [0.4, 0.5) is 9.18 Å². The second-order valence-corrected chi connectivity index (χ2v) is 5.42. The van der Waals surface area contributed by atoms with E-state index in [0.717, 1.165) is 22.9 Å². The molecule has 116 valence electrons. The highest BCUT2D eigenvalue weighted by molar-refractivity contribution is 5.81. The average Bonchev–Trinajstić information content (AvgIpc) is 3.00. The Morgan fingerprint density at radius 1 is 1.55 bits per heavy atom. The highest BCUT2D eigenvalue weighted by Crippen LogP contribution is 2.19. The summed E-state index contributed by atoms with van der Waals surface area (Å²) in [5, 5.41) is 4.16. The van der Waals surface area contributed by atoms with Gasteiger partial charge in [-0.05, 0) is 30.2 Å². The molecule has 1 atom stereocenters. The van der Waals surface area contributed by atoms with Gasteiger partial charge >= 0.3 is 6.09 Å². The number of halogens is 1. The smallest absolute Gasteiger partial charge is 0.409 e. The van der Waals surface area contributed by atoms with E-state index in [1.807, 2.05) is 6.07 Å². The van der Waals surface area contributed by atoms with Crippen LogP contribution in [0.1, 0.15) is 12.0 Å². The number of methoxy groups -OCH3 is 1. The van der Waals surface area contributed by atoms with Gasteiger partial charge in [0.05, 0.1) is 12.6 Å². The molecule has 1 N–H and O–H groups in total. The zero-order chi connectivity index (χ0) is 15.5. The van der Waals surface area contributed by atoms with Crippen LogP contribution in [0.25, 0.3) is 10.9 Å². The number of fused-ring (bicyclic) bond motifs is 1. The summed E-state index contributed by atoms with van der Waals surface area (Å²) in [7, 11) is 1.38. The molecule has 2 aromatic rings. The van der Waals surface area contributed by atoms with Crippen LogP contribution in [0.5, 0.6) is 0 Å². The fourth-order valence-corrected chi connectivity index (χ4v) is 2.84. The minimum absolute atomic E-state index is 0.182. The summed E-state index contributed by atoms with van der Waals surface area (Å²) in [4.78, 5) is 17.5. The molecule has 1 fully saturated rings. The molecule has 1 amide bonds. The first kappa shape index (κ1) is 14.7. The third-order valence-electron chi connectivity index (χ3n) is 3.95. The first-order chi connectivity index (χ1) is 10.7. The number of nitrogens with zero attached hydrogens (tertiary/aromatic N) is 2. The molecular weight excluding hydrogens is 285 g/mol. The fourth-order valence-electron chi connectivity index (χ4n) is 2.84. The van der Waals surface area contributed by atoms with E-state index < -0.39 is 0 Å². The van der Waals surface area contributed by atoms with Crippen molar-refractivity contribution in [2.45, 2.75) is 19.0 Å². The number of ether oxygens (including phenoxy) is 1. The summed E-state index contributed by atoms with van der Waals surface area (Å²) < 4.78 is 18.4. The van der Waals surface area contributed by atoms with Gasteiger partial charge in [-0.25, -0.2) is 9.18 Å². The predicted molar refractivity (Wildman–Crippen MR) is 80.9 cm³/mol. The molecule has 0 saturated carbocycles. The third kappa shape index (κ3) is 3.01. The Morgan fingerprint density at radius 2 is 2.41 bits per heavy atom. The number of hydrogen-bond donors (Lipinski definition) is 1. The SMILES string of the molecule is COC(=O)N1CCC(NCc2cc(F)cc3cccnc23)C1. The number of benzene rings is 1. The fraction of sp³-hybridized carbons (Fsp3) is 0.375. The van der Waals surface area contributed by atoms with Gasteiger partial charge in [0, 0.05) is 37.3 Å². The molecule has 1 aromatic heterocycles. The molecule has 1 unspecified atom stereocenters. The standard InChI is InChI=1S/C16H18FN3O2/c1-22-16(21)20-6-4-14(10-20)19-9-12-8-13(17)7-11-3-2-5-18-15(11)12/h2-3,5,7-8,14,19H,4,6,9-10H2,1H3. The van der Waals surface area contributed by atoms with Crippen LogP contribution >= 0.6 is 0 Å². The van der Waals surface area contributed by atoms with Crippen LogP contribution in [0.15, 0.2) is 30.5 Å². The molecule has 5 nitrogen and oxygen atoms in total. The summed E-state index contributed by atoms with van der Waals surface area (Å²) in [5.74, 6) is -0.264. The maximum Gasteiger partial charge on any atom is 0.409 e. The number of nitrogens with one attached hydrogen (secondary N) is 1. The van der Waals surface area contributed by atoms with Gasteiger partial charge in [-0.2, -0.15) is 0 Å². The Morgan fingerprint density at radius 3 is 3.23 bits per heavy atom. The molecule has 22 heavy (non-hydrogen) atoms. The van der Waals surface area contributed by atoms with E-state index in [1.54, 1.807) is 17.2 Å².